The zero-order chi connectivity index (χ0) is 23.4. The molecule has 33 heavy (non-hydrogen) atoms. The molecule has 0 radical (unpaired) electrons. The van der Waals surface area contributed by atoms with Crippen molar-refractivity contribution in [3.05, 3.63) is 82.6 Å². The number of carbonyl (C=O) groups is 1. The number of nitrogens with zero attached hydrogens (tertiary/aromatic N) is 4. The summed E-state index contributed by atoms with van der Waals surface area (Å²) in [5.74, 6) is -0.305. The van der Waals surface area contributed by atoms with E-state index in [0.717, 1.165) is 11.1 Å². The average Bonchev–Trinajstić information content (AvgIpc) is 3.26. The molecule has 4 rings (SSSR count). The van der Waals surface area contributed by atoms with Gasteiger partial charge in [0.15, 0.2) is 0 Å². The highest BCUT2D eigenvalue weighted by atomic mass is 35.5. The molecule has 2 aromatic carbocycles. The van der Waals surface area contributed by atoms with Gasteiger partial charge in [0.2, 0.25) is 10.0 Å². The monoisotopic (exact) mass is 488 g/mol. The van der Waals surface area contributed by atoms with Crippen molar-refractivity contribution in [2.45, 2.75) is 18.0 Å². The highest BCUT2D eigenvalue weighted by molar-refractivity contribution is 7.89. The Labute approximate surface area is 198 Å². The van der Waals surface area contributed by atoms with Crippen LogP contribution in [0.2, 0.25) is 5.02 Å². The second kappa shape index (κ2) is 10.0. The first-order valence-electron chi connectivity index (χ1n) is 10.5. The number of benzene rings is 2. The molecule has 1 aromatic heterocycles. The van der Waals surface area contributed by atoms with Gasteiger partial charge in [-0.1, -0.05) is 41.9 Å². The summed E-state index contributed by atoms with van der Waals surface area (Å²) in [7, 11) is -2.15. The molecular formula is C23H25ClN4O4S. The van der Waals surface area contributed by atoms with Gasteiger partial charge in [-0.3, -0.25) is 9.48 Å². The van der Waals surface area contributed by atoms with Crippen molar-refractivity contribution < 1.29 is 17.9 Å². The summed E-state index contributed by atoms with van der Waals surface area (Å²) >= 11 is 6.21. The van der Waals surface area contributed by atoms with Crippen LogP contribution in [0.5, 0.6) is 0 Å². The quantitative estimate of drug-likeness (QED) is 0.510. The standard InChI is InChI=1S/C23H25ClN4O4S/c1-26(15-19-14-25-27(17-19)16-18-5-3-2-4-6-18)23(29)20-7-8-21(24)22(13-20)33(30,31)28-9-11-32-12-10-28/h2-8,13-14,17H,9-12,15-16H2,1H3. The molecule has 3 aromatic rings. The third-order valence-electron chi connectivity index (χ3n) is 5.41. The van der Waals surface area contributed by atoms with Crippen LogP contribution in [0.1, 0.15) is 21.5 Å². The molecule has 0 atom stereocenters. The summed E-state index contributed by atoms with van der Waals surface area (Å²) in [6.07, 6.45) is 3.62. The second-order valence-electron chi connectivity index (χ2n) is 7.85. The van der Waals surface area contributed by atoms with Crippen LogP contribution in [-0.4, -0.2) is 66.7 Å². The molecule has 1 fully saturated rings. The number of sulfonamides is 1. The van der Waals surface area contributed by atoms with Gasteiger partial charge in [0.1, 0.15) is 4.90 Å². The van der Waals surface area contributed by atoms with Crippen LogP contribution in [0.25, 0.3) is 0 Å². The van der Waals surface area contributed by atoms with Crippen molar-refractivity contribution in [2.24, 2.45) is 0 Å². The summed E-state index contributed by atoms with van der Waals surface area (Å²) < 4.78 is 34.5. The minimum absolute atomic E-state index is 0.0685. The predicted molar refractivity (Wildman–Crippen MR) is 125 cm³/mol. The summed E-state index contributed by atoms with van der Waals surface area (Å²) in [5, 5.41) is 4.46. The minimum atomic E-state index is -3.82. The Balaban J connectivity index is 1.47. The number of hydrogen-bond donors (Lipinski definition) is 0. The molecule has 0 aliphatic carbocycles. The SMILES string of the molecule is CN(Cc1cnn(Cc2ccccc2)c1)C(=O)c1ccc(Cl)c(S(=O)(=O)N2CCOCC2)c1. The van der Waals surface area contributed by atoms with Gasteiger partial charge >= 0.3 is 0 Å². The van der Waals surface area contributed by atoms with Gasteiger partial charge in [0, 0.05) is 44.0 Å². The molecule has 1 aliphatic rings. The van der Waals surface area contributed by atoms with Crippen molar-refractivity contribution in [3.63, 3.8) is 0 Å². The molecule has 0 bridgehead atoms. The minimum Gasteiger partial charge on any atom is -0.379 e. The van der Waals surface area contributed by atoms with E-state index >= 15 is 0 Å². The molecule has 0 unspecified atom stereocenters. The molecule has 1 amide bonds. The van der Waals surface area contributed by atoms with Crippen LogP contribution in [0.3, 0.4) is 0 Å². The fourth-order valence-electron chi connectivity index (χ4n) is 3.67. The predicted octanol–water partition coefficient (Wildman–Crippen LogP) is 2.88. The lowest BCUT2D eigenvalue weighted by atomic mass is 10.2. The Morgan fingerprint density at radius 2 is 1.85 bits per heavy atom. The third kappa shape index (κ3) is 5.44. The number of rotatable bonds is 7. The van der Waals surface area contributed by atoms with Gasteiger partial charge < -0.3 is 9.64 Å². The number of amides is 1. The van der Waals surface area contributed by atoms with Crippen molar-refractivity contribution in [1.82, 2.24) is 19.0 Å². The Kier molecular flexibility index (Phi) is 7.14. The number of hydrogen-bond acceptors (Lipinski definition) is 5. The van der Waals surface area contributed by atoms with Crippen LogP contribution in [0.4, 0.5) is 0 Å². The van der Waals surface area contributed by atoms with Crippen molar-refractivity contribution in [1.29, 1.82) is 0 Å². The van der Waals surface area contributed by atoms with Crippen molar-refractivity contribution >= 4 is 27.5 Å². The normalized spacial score (nSPS) is 14.8. The maximum absolute atomic E-state index is 13.0. The van der Waals surface area contributed by atoms with Gasteiger partial charge in [-0.25, -0.2) is 8.42 Å². The van der Waals surface area contributed by atoms with E-state index in [9.17, 15) is 13.2 Å². The summed E-state index contributed by atoms with van der Waals surface area (Å²) in [4.78, 5) is 14.5. The first-order valence-corrected chi connectivity index (χ1v) is 12.3. The molecular weight excluding hydrogens is 464 g/mol. The Bertz CT molecular complexity index is 1220. The Hall–Kier alpha value is -2.72. The lowest BCUT2D eigenvalue weighted by molar-refractivity contribution is 0.0730. The number of halogens is 1. The first kappa shape index (κ1) is 23.4. The van der Waals surface area contributed by atoms with Crippen LogP contribution in [0, 0.1) is 0 Å². The van der Waals surface area contributed by atoms with Crippen LogP contribution < -0.4 is 0 Å². The van der Waals surface area contributed by atoms with Gasteiger partial charge in [-0.2, -0.15) is 9.40 Å². The van der Waals surface area contributed by atoms with Crippen LogP contribution >= 0.6 is 11.6 Å². The Morgan fingerprint density at radius 1 is 1.12 bits per heavy atom. The van der Waals surface area contributed by atoms with E-state index in [2.05, 4.69) is 5.10 Å². The lowest BCUT2D eigenvalue weighted by Gasteiger charge is -2.26. The molecule has 1 saturated heterocycles. The van der Waals surface area contributed by atoms with Crippen LogP contribution in [0.15, 0.2) is 65.8 Å². The highest BCUT2D eigenvalue weighted by Crippen LogP contribution is 2.27. The smallest absolute Gasteiger partial charge is 0.253 e. The van der Waals surface area contributed by atoms with Gasteiger partial charge in [0.05, 0.1) is 31.0 Å². The zero-order valence-electron chi connectivity index (χ0n) is 18.2. The van der Waals surface area contributed by atoms with Gasteiger partial charge in [-0.05, 0) is 23.8 Å². The van der Waals surface area contributed by atoms with E-state index in [1.54, 1.807) is 19.3 Å². The molecule has 0 N–H and O–H groups in total. The van der Waals surface area contributed by atoms with Crippen molar-refractivity contribution in [3.8, 4) is 0 Å². The molecule has 1 aliphatic heterocycles. The largest absolute Gasteiger partial charge is 0.379 e. The fraction of sp³-hybridized carbons (Fsp3) is 0.304. The number of carbonyl (C=O) groups excluding carboxylic acids is 1. The van der Waals surface area contributed by atoms with E-state index in [1.807, 2.05) is 41.2 Å². The van der Waals surface area contributed by atoms with Gasteiger partial charge in [0.25, 0.3) is 5.91 Å². The highest BCUT2D eigenvalue weighted by Gasteiger charge is 2.29. The van der Waals surface area contributed by atoms with E-state index in [0.29, 0.717) is 26.3 Å². The van der Waals surface area contributed by atoms with Crippen molar-refractivity contribution in [2.75, 3.05) is 33.4 Å². The van der Waals surface area contributed by atoms with Gasteiger partial charge in [-0.15, -0.1) is 0 Å². The lowest BCUT2D eigenvalue weighted by Crippen LogP contribution is -2.40. The second-order valence-corrected chi connectivity index (χ2v) is 10.2. The summed E-state index contributed by atoms with van der Waals surface area (Å²) in [5.41, 5.74) is 2.26. The molecule has 0 spiro atoms. The fourth-order valence-corrected chi connectivity index (χ4v) is 5.58. The average molecular weight is 489 g/mol. The summed E-state index contributed by atoms with van der Waals surface area (Å²) in [6, 6.07) is 14.3. The summed E-state index contributed by atoms with van der Waals surface area (Å²) in [6.45, 7) is 2.14. The van der Waals surface area contributed by atoms with E-state index in [1.165, 1.54) is 21.3 Å². The maximum atomic E-state index is 13.0. The first-order chi connectivity index (χ1) is 15.8. The molecule has 0 saturated carbocycles. The number of ether oxygens (including phenoxy) is 1. The molecule has 8 nitrogen and oxygen atoms in total. The maximum Gasteiger partial charge on any atom is 0.253 e. The van der Waals surface area contributed by atoms with E-state index in [4.69, 9.17) is 16.3 Å². The van der Waals surface area contributed by atoms with Crippen LogP contribution in [-0.2, 0) is 27.8 Å². The number of aromatic nitrogens is 2. The number of morpholine rings is 1. The Morgan fingerprint density at radius 3 is 2.58 bits per heavy atom. The molecule has 174 valence electrons. The van der Waals surface area contributed by atoms with E-state index in [-0.39, 0.29) is 34.5 Å². The van der Waals surface area contributed by atoms with E-state index < -0.39 is 10.0 Å². The molecule has 10 heteroatoms. The topological polar surface area (TPSA) is 84.7 Å². The molecule has 2 heterocycles. The zero-order valence-corrected chi connectivity index (χ0v) is 19.8. The third-order valence-corrected chi connectivity index (χ3v) is 7.79.